The predicted molar refractivity (Wildman–Crippen MR) is 108 cm³/mol. The first-order valence-corrected chi connectivity index (χ1v) is 9.45. The lowest BCUT2D eigenvalue weighted by molar-refractivity contribution is -0.137. The van der Waals surface area contributed by atoms with Crippen molar-refractivity contribution in [2.24, 2.45) is 0 Å². The molecule has 146 valence electrons. The fourth-order valence-electron chi connectivity index (χ4n) is 2.16. The van der Waals surface area contributed by atoms with Crippen LogP contribution < -0.4 is 0 Å². The van der Waals surface area contributed by atoms with Gasteiger partial charge in [0, 0.05) is 6.42 Å². The van der Waals surface area contributed by atoms with Gasteiger partial charge < -0.3 is 15.3 Å². The summed E-state index contributed by atoms with van der Waals surface area (Å²) >= 11 is 0. The molecule has 0 amide bonds. The van der Waals surface area contributed by atoms with E-state index in [1.54, 1.807) is 12.2 Å². The summed E-state index contributed by atoms with van der Waals surface area (Å²) in [5, 5.41) is 28.0. The molecule has 0 aliphatic carbocycles. The van der Waals surface area contributed by atoms with E-state index in [4.69, 9.17) is 5.11 Å². The van der Waals surface area contributed by atoms with Gasteiger partial charge >= 0.3 is 5.97 Å². The molecule has 0 aromatic heterocycles. The first-order chi connectivity index (χ1) is 12.6. The molecule has 0 heterocycles. The molecule has 0 saturated heterocycles. The van der Waals surface area contributed by atoms with Gasteiger partial charge in [0.15, 0.2) is 0 Å². The third kappa shape index (κ3) is 18.4. The van der Waals surface area contributed by atoms with E-state index in [2.05, 4.69) is 6.92 Å². The lowest BCUT2D eigenvalue weighted by atomic mass is 10.1. The Bertz CT molecular complexity index is 486. The van der Waals surface area contributed by atoms with Gasteiger partial charge in [-0.25, -0.2) is 0 Å². The maximum Gasteiger partial charge on any atom is 0.303 e. The van der Waals surface area contributed by atoms with Crippen LogP contribution in [0.1, 0.15) is 58.3 Å². The summed E-state index contributed by atoms with van der Waals surface area (Å²) in [5.41, 5.74) is 0. The van der Waals surface area contributed by atoms with Crippen molar-refractivity contribution >= 4 is 5.97 Å². The van der Waals surface area contributed by atoms with Crippen molar-refractivity contribution in [1.82, 2.24) is 0 Å². The van der Waals surface area contributed by atoms with E-state index in [9.17, 15) is 15.0 Å². The summed E-state index contributed by atoms with van der Waals surface area (Å²) in [6.07, 6.45) is 23.7. The quantitative estimate of drug-likeness (QED) is 0.224. The summed E-state index contributed by atoms with van der Waals surface area (Å²) in [7, 11) is 0. The van der Waals surface area contributed by atoms with E-state index in [1.165, 1.54) is 0 Å². The minimum absolute atomic E-state index is 0.201. The molecule has 0 unspecified atom stereocenters. The predicted octanol–water partition coefficient (Wildman–Crippen LogP) is 4.71. The first kappa shape index (κ1) is 24.1. The number of aliphatic hydroxyl groups excluding tert-OH is 2. The fourth-order valence-corrected chi connectivity index (χ4v) is 2.16. The standard InChI is InChI=1S/C22H34O4/c1-2-3-10-15-20(23)16-11-7-5-4-6-8-12-17-21(24)18-13-9-14-19-22(25)26/h3,5-8,10-12,16-17,20-21,23-24H,2,4,9,13-15,18-19H2,1H3,(H,25,26)/b7-5-,8-6-,10-3-,16-11-,17-12+/t20-,21+/m0/s1. The summed E-state index contributed by atoms with van der Waals surface area (Å²) in [5.74, 6) is -0.763. The van der Waals surface area contributed by atoms with Gasteiger partial charge in [0.1, 0.15) is 0 Å². The minimum Gasteiger partial charge on any atom is -0.481 e. The van der Waals surface area contributed by atoms with Gasteiger partial charge in [-0.1, -0.05) is 80.5 Å². The molecule has 0 fully saturated rings. The molecule has 0 rings (SSSR count). The van der Waals surface area contributed by atoms with Crippen LogP contribution in [0.15, 0.2) is 60.8 Å². The molecular formula is C22H34O4. The van der Waals surface area contributed by atoms with Crippen molar-refractivity contribution in [1.29, 1.82) is 0 Å². The summed E-state index contributed by atoms with van der Waals surface area (Å²) in [6.45, 7) is 2.07. The van der Waals surface area contributed by atoms with Crippen LogP contribution in [0.3, 0.4) is 0 Å². The SMILES string of the molecule is CC/C=C\C[C@H](O)/C=C\C=C/C/C=C\C=C\[C@@H](O)CCCCCC(=O)O. The Hall–Kier alpha value is -1.91. The van der Waals surface area contributed by atoms with Crippen LogP contribution in [0.2, 0.25) is 0 Å². The normalized spacial score (nSPS) is 15.2. The van der Waals surface area contributed by atoms with Crippen molar-refractivity contribution in [2.75, 3.05) is 0 Å². The van der Waals surface area contributed by atoms with Gasteiger partial charge in [0.05, 0.1) is 12.2 Å². The van der Waals surface area contributed by atoms with Crippen LogP contribution in [-0.2, 0) is 4.79 Å². The molecule has 2 atom stereocenters. The number of carboxylic acids is 1. The zero-order valence-corrected chi connectivity index (χ0v) is 15.8. The van der Waals surface area contributed by atoms with Crippen LogP contribution in [0.5, 0.6) is 0 Å². The molecule has 26 heavy (non-hydrogen) atoms. The van der Waals surface area contributed by atoms with Crippen molar-refractivity contribution < 1.29 is 20.1 Å². The second-order valence-corrected chi connectivity index (χ2v) is 6.10. The second-order valence-electron chi connectivity index (χ2n) is 6.10. The highest BCUT2D eigenvalue weighted by Crippen LogP contribution is 2.07. The Balaban J connectivity index is 3.76. The van der Waals surface area contributed by atoms with E-state index in [-0.39, 0.29) is 6.42 Å². The van der Waals surface area contributed by atoms with Gasteiger partial charge in [-0.15, -0.1) is 0 Å². The average Bonchev–Trinajstić information content (AvgIpc) is 2.60. The Morgan fingerprint density at radius 3 is 2.12 bits per heavy atom. The number of aliphatic carboxylic acids is 1. The summed E-state index contributed by atoms with van der Waals surface area (Å²) in [6, 6.07) is 0. The second kappa shape index (κ2) is 17.9. The Morgan fingerprint density at radius 2 is 1.50 bits per heavy atom. The van der Waals surface area contributed by atoms with Gasteiger partial charge in [0.25, 0.3) is 0 Å². The molecule has 3 N–H and O–H groups in total. The highest BCUT2D eigenvalue weighted by Gasteiger charge is 2.00. The maximum absolute atomic E-state index is 10.4. The maximum atomic E-state index is 10.4. The topological polar surface area (TPSA) is 77.8 Å². The molecule has 4 heteroatoms. The van der Waals surface area contributed by atoms with E-state index in [1.807, 2.05) is 48.6 Å². The van der Waals surface area contributed by atoms with Gasteiger partial charge in [-0.3, -0.25) is 4.79 Å². The molecular weight excluding hydrogens is 328 g/mol. The number of unbranched alkanes of at least 4 members (excludes halogenated alkanes) is 2. The molecule has 0 aliphatic heterocycles. The monoisotopic (exact) mass is 362 g/mol. The average molecular weight is 363 g/mol. The number of carbonyl (C=O) groups is 1. The van der Waals surface area contributed by atoms with Gasteiger partial charge in [0.2, 0.25) is 0 Å². The van der Waals surface area contributed by atoms with Crippen LogP contribution >= 0.6 is 0 Å². The van der Waals surface area contributed by atoms with E-state index in [0.29, 0.717) is 19.3 Å². The Kier molecular flexibility index (Phi) is 16.6. The van der Waals surface area contributed by atoms with E-state index >= 15 is 0 Å². The third-order valence-electron chi connectivity index (χ3n) is 3.60. The van der Waals surface area contributed by atoms with E-state index in [0.717, 1.165) is 25.7 Å². The van der Waals surface area contributed by atoms with Crippen molar-refractivity contribution in [3.05, 3.63) is 60.8 Å². The van der Waals surface area contributed by atoms with Crippen LogP contribution in [0, 0.1) is 0 Å². The molecule has 0 saturated carbocycles. The number of hydrogen-bond donors (Lipinski definition) is 3. The van der Waals surface area contributed by atoms with Crippen molar-refractivity contribution in [2.45, 2.75) is 70.5 Å². The lowest BCUT2D eigenvalue weighted by Crippen LogP contribution is -2.01. The number of hydrogen-bond acceptors (Lipinski definition) is 3. The molecule has 0 aliphatic rings. The Morgan fingerprint density at radius 1 is 0.846 bits per heavy atom. The number of aliphatic hydroxyl groups is 2. The largest absolute Gasteiger partial charge is 0.481 e. The van der Waals surface area contributed by atoms with Gasteiger partial charge in [-0.05, 0) is 32.1 Å². The minimum atomic E-state index is -0.763. The molecule has 0 radical (unpaired) electrons. The molecule has 0 aromatic rings. The highest BCUT2D eigenvalue weighted by molar-refractivity contribution is 5.66. The first-order valence-electron chi connectivity index (χ1n) is 9.45. The van der Waals surface area contributed by atoms with E-state index < -0.39 is 18.2 Å². The summed E-state index contributed by atoms with van der Waals surface area (Å²) < 4.78 is 0. The third-order valence-corrected chi connectivity index (χ3v) is 3.60. The van der Waals surface area contributed by atoms with Gasteiger partial charge in [-0.2, -0.15) is 0 Å². The smallest absolute Gasteiger partial charge is 0.303 e. The van der Waals surface area contributed by atoms with Crippen LogP contribution in [-0.4, -0.2) is 33.5 Å². The zero-order chi connectivity index (χ0) is 19.5. The van der Waals surface area contributed by atoms with Crippen molar-refractivity contribution in [3.8, 4) is 0 Å². The molecule has 0 spiro atoms. The van der Waals surface area contributed by atoms with Crippen molar-refractivity contribution in [3.63, 3.8) is 0 Å². The fraction of sp³-hybridized carbons (Fsp3) is 0.500. The summed E-state index contributed by atoms with van der Waals surface area (Å²) in [4.78, 5) is 10.4. The number of carboxylic acid groups (broad SMARTS) is 1. The molecule has 0 bridgehead atoms. The van der Waals surface area contributed by atoms with Crippen LogP contribution in [0.25, 0.3) is 0 Å². The van der Waals surface area contributed by atoms with Crippen LogP contribution in [0.4, 0.5) is 0 Å². The molecule has 0 aromatic carbocycles. The zero-order valence-electron chi connectivity index (χ0n) is 15.8. The Labute approximate surface area is 157 Å². The number of allylic oxidation sites excluding steroid dienone is 7. The molecule has 4 nitrogen and oxygen atoms in total. The lowest BCUT2D eigenvalue weighted by Gasteiger charge is -2.03. The number of rotatable bonds is 15. The highest BCUT2D eigenvalue weighted by atomic mass is 16.4.